The maximum atomic E-state index is 12.5. The van der Waals surface area contributed by atoms with Crippen LogP contribution in [0.4, 0.5) is 5.82 Å². The highest BCUT2D eigenvalue weighted by molar-refractivity contribution is 5.94. The van der Waals surface area contributed by atoms with Gasteiger partial charge in [-0.15, -0.1) is 0 Å². The highest BCUT2D eigenvalue weighted by atomic mass is 16.5. The lowest BCUT2D eigenvalue weighted by molar-refractivity contribution is -0.142. The van der Waals surface area contributed by atoms with E-state index in [0.717, 1.165) is 18.7 Å². The minimum absolute atomic E-state index is 0.0376. The molecule has 0 aliphatic carbocycles. The molecule has 1 unspecified atom stereocenters. The number of anilines is 1. The Morgan fingerprint density at radius 2 is 1.96 bits per heavy atom. The number of ether oxygens (including phenoxy) is 1. The van der Waals surface area contributed by atoms with E-state index in [-0.39, 0.29) is 17.9 Å². The summed E-state index contributed by atoms with van der Waals surface area (Å²) in [4.78, 5) is 32.5. The van der Waals surface area contributed by atoms with E-state index in [1.165, 1.54) is 0 Å². The number of piperazine rings is 1. The quantitative estimate of drug-likeness (QED) is 0.883. The number of pyridine rings is 1. The van der Waals surface area contributed by atoms with Gasteiger partial charge in [-0.25, -0.2) is 4.98 Å². The monoisotopic (exact) mass is 318 g/mol. The molecule has 124 valence electrons. The van der Waals surface area contributed by atoms with E-state index >= 15 is 0 Å². The fraction of sp³-hybridized carbons (Fsp3) is 0.562. The molecule has 0 spiro atoms. The largest absolute Gasteiger partial charge is 0.373 e. The SMILES string of the molecule is CNc1ccc(C(=O)N2CCN(C(=O)C3CCCO3)CC2)cn1. The highest BCUT2D eigenvalue weighted by Crippen LogP contribution is 2.17. The van der Waals surface area contributed by atoms with Gasteiger partial charge in [0.2, 0.25) is 0 Å². The minimum Gasteiger partial charge on any atom is -0.373 e. The van der Waals surface area contributed by atoms with E-state index in [1.54, 1.807) is 30.3 Å². The first-order valence-electron chi connectivity index (χ1n) is 8.02. The van der Waals surface area contributed by atoms with E-state index in [0.29, 0.717) is 38.3 Å². The molecule has 7 heteroatoms. The van der Waals surface area contributed by atoms with Crippen LogP contribution in [0.3, 0.4) is 0 Å². The van der Waals surface area contributed by atoms with Crippen molar-refractivity contribution in [2.45, 2.75) is 18.9 Å². The van der Waals surface area contributed by atoms with Gasteiger partial charge >= 0.3 is 0 Å². The Balaban J connectivity index is 1.55. The zero-order valence-electron chi connectivity index (χ0n) is 13.3. The van der Waals surface area contributed by atoms with Gasteiger partial charge in [0.15, 0.2) is 0 Å². The smallest absolute Gasteiger partial charge is 0.255 e. The van der Waals surface area contributed by atoms with Crippen molar-refractivity contribution in [1.29, 1.82) is 0 Å². The number of hydrogen-bond acceptors (Lipinski definition) is 5. The van der Waals surface area contributed by atoms with Gasteiger partial charge in [-0.2, -0.15) is 0 Å². The fourth-order valence-electron chi connectivity index (χ4n) is 2.96. The van der Waals surface area contributed by atoms with Gasteiger partial charge in [-0.1, -0.05) is 0 Å². The number of amides is 2. The molecular weight excluding hydrogens is 296 g/mol. The van der Waals surface area contributed by atoms with Crippen LogP contribution in [-0.4, -0.2) is 72.5 Å². The van der Waals surface area contributed by atoms with Crippen molar-refractivity contribution < 1.29 is 14.3 Å². The first-order chi connectivity index (χ1) is 11.2. The maximum Gasteiger partial charge on any atom is 0.255 e. The third kappa shape index (κ3) is 3.44. The summed E-state index contributed by atoms with van der Waals surface area (Å²) in [5.74, 6) is 0.757. The Morgan fingerprint density at radius 3 is 2.52 bits per heavy atom. The maximum absolute atomic E-state index is 12.5. The van der Waals surface area contributed by atoms with Crippen LogP contribution in [0.25, 0.3) is 0 Å². The molecule has 0 radical (unpaired) electrons. The molecule has 0 aromatic carbocycles. The summed E-state index contributed by atoms with van der Waals surface area (Å²) in [7, 11) is 1.79. The fourth-order valence-corrected chi connectivity index (χ4v) is 2.96. The normalized spacial score (nSPS) is 21.3. The molecule has 0 saturated carbocycles. The average Bonchev–Trinajstić information content (AvgIpc) is 3.15. The molecule has 2 saturated heterocycles. The lowest BCUT2D eigenvalue weighted by Crippen LogP contribution is -2.52. The van der Waals surface area contributed by atoms with Crippen molar-refractivity contribution in [1.82, 2.24) is 14.8 Å². The number of carbonyl (C=O) groups is 2. The summed E-state index contributed by atoms with van der Waals surface area (Å²) < 4.78 is 5.45. The molecule has 1 aromatic rings. The van der Waals surface area contributed by atoms with Crippen LogP contribution in [0.15, 0.2) is 18.3 Å². The van der Waals surface area contributed by atoms with E-state index in [1.807, 2.05) is 4.90 Å². The molecule has 1 aromatic heterocycles. The number of nitrogens with zero attached hydrogens (tertiary/aromatic N) is 3. The Labute approximate surface area is 135 Å². The number of aromatic nitrogens is 1. The van der Waals surface area contributed by atoms with Crippen LogP contribution in [0.5, 0.6) is 0 Å². The number of hydrogen-bond donors (Lipinski definition) is 1. The van der Waals surface area contributed by atoms with Crippen molar-refractivity contribution in [3.05, 3.63) is 23.9 Å². The molecule has 23 heavy (non-hydrogen) atoms. The first kappa shape index (κ1) is 15.7. The van der Waals surface area contributed by atoms with Crippen molar-refractivity contribution in [3.63, 3.8) is 0 Å². The van der Waals surface area contributed by atoms with E-state index < -0.39 is 0 Å². The van der Waals surface area contributed by atoms with Gasteiger partial charge < -0.3 is 19.9 Å². The molecule has 7 nitrogen and oxygen atoms in total. The molecule has 1 N–H and O–H groups in total. The van der Waals surface area contributed by atoms with E-state index in [9.17, 15) is 9.59 Å². The van der Waals surface area contributed by atoms with Gasteiger partial charge in [0, 0.05) is 46.0 Å². The van der Waals surface area contributed by atoms with Gasteiger partial charge in [-0.05, 0) is 25.0 Å². The zero-order chi connectivity index (χ0) is 16.2. The second-order valence-electron chi connectivity index (χ2n) is 5.80. The third-order valence-electron chi connectivity index (χ3n) is 4.35. The van der Waals surface area contributed by atoms with Crippen molar-refractivity contribution in [2.75, 3.05) is 45.2 Å². The standard InChI is InChI=1S/C16H22N4O3/c1-17-14-5-4-12(11-18-14)15(21)19-6-8-20(9-7-19)16(22)13-3-2-10-23-13/h4-5,11,13H,2-3,6-10H2,1H3,(H,17,18). The van der Waals surface area contributed by atoms with Crippen molar-refractivity contribution >= 4 is 17.6 Å². The van der Waals surface area contributed by atoms with Gasteiger partial charge in [0.05, 0.1) is 5.56 Å². The molecule has 2 aliphatic rings. The topological polar surface area (TPSA) is 74.8 Å². The predicted molar refractivity (Wildman–Crippen MR) is 85.2 cm³/mol. The van der Waals surface area contributed by atoms with Gasteiger partial charge in [-0.3, -0.25) is 9.59 Å². The van der Waals surface area contributed by atoms with Crippen LogP contribution in [0.2, 0.25) is 0 Å². The highest BCUT2D eigenvalue weighted by Gasteiger charge is 2.31. The molecule has 2 aliphatic heterocycles. The molecule has 2 fully saturated rings. The molecule has 0 bridgehead atoms. The lowest BCUT2D eigenvalue weighted by atomic mass is 10.2. The second kappa shape index (κ2) is 6.95. The summed E-state index contributed by atoms with van der Waals surface area (Å²) in [6.07, 6.45) is 3.06. The molecule has 3 heterocycles. The number of rotatable bonds is 3. The van der Waals surface area contributed by atoms with E-state index in [2.05, 4.69) is 10.3 Å². The van der Waals surface area contributed by atoms with E-state index in [4.69, 9.17) is 4.74 Å². The zero-order valence-corrected chi connectivity index (χ0v) is 13.3. The third-order valence-corrected chi connectivity index (χ3v) is 4.35. The average molecular weight is 318 g/mol. The summed E-state index contributed by atoms with van der Waals surface area (Å²) in [6, 6.07) is 3.55. The molecule has 1 atom stereocenters. The van der Waals surface area contributed by atoms with Crippen LogP contribution < -0.4 is 5.32 Å². The summed E-state index contributed by atoms with van der Waals surface area (Å²) in [5, 5.41) is 2.93. The first-order valence-corrected chi connectivity index (χ1v) is 8.02. The Morgan fingerprint density at radius 1 is 1.22 bits per heavy atom. The lowest BCUT2D eigenvalue weighted by Gasteiger charge is -2.35. The number of nitrogens with one attached hydrogen (secondary N) is 1. The Kier molecular flexibility index (Phi) is 4.76. The summed E-state index contributed by atoms with van der Waals surface area (Å²) in [6.45, 7) is 2.89. The molecule has 2 amide bonds. The van der Waals surface area contributed by atoms with Crippen LogP contribution in [0, 0.1) is 0 Å². The van der Waals surface area contributed by atoms with Crippen LogP contribution in [0.1, 0.15) is 23.2 Å². The predicted octanol–water partition coefficient (Wildman–Crippen LogP) is 0.587. The molecule has 3 rings (SSSR count). The number of carbonyl (C=O) groups excluding carboxylic acids is 2. The Hall–Kier alpha value is -2.15. The van der Waals surface area contributed by atoms with Crippen molar-refractivity contribution in [2.24, 2.45) is 0 Å². The molecular formula is C16H22N4O3. The van der Waals surface area contributed by atoms with Crippen LogP contribution >= 0.6 is 0 Å². The second-order valence-corrected chi connectivity index (χ2v) is 5.80. The summed E-state index contributed by atoms with van der Waals surface area (Å²) in [5.41, 5.74) is 0.572. The summed E-state index contributed by atoms with van der Waals surface area (Å²) >= 11 is 0. The Bertz CT molecular complexity index is 561. The van der Waals surface area contributed by atoms with Crippen molar-refractivity contribution in [3.8, 4) is 0 Å². The minimum atomic E-state index is -0.282. The van der Waals surface area contributed by atoms with Gasteiger partial charge in [0.25, 0.3) is 11.8 Å². The van der Waals surface area contributed by atoms with Crippen LogP contribution in [-0.2, 0) is 9.53 Å². The van der Waals surface area contributed by atoms with Gasteiger partial charge in [0.1, 0.15) is 11.9 Å².